The average Bonchev–Trinajstić information content (AvgIpc) is 2.20. The van der Waals surface area contributed by atoms with Crippen molar-refractivity contribution in [2.45, 2.75) is 72.3 Å². The number of hydrogen-bond donors (Lipinski definition) is 1. The highest BCUT2D eigenvalue weighted by molar-refractivity contribution is 5.04. The summed E-state index contributed by atoms with van der Waals surface area (Å²) in [4.78, 5) is 0. The van der Waals surface area contributed by atoms with Gasteiger partial charge < -0.3 is 5.11 Å². The lowest BCUT2D eigenvalue weighted by Gasteiger charge is -2.58. The molecule has 1 nitrogen and oxygen atoms in total. The third-order valence-electron chi connectivity index (χ3n) is 5.79. The largest absolute Gasteiger partial charge is 0.392 e. The molecule has 2 aliphatic carbocycles. The van der Waals surface area contributed by atoms with Gasteiger partial charge >= 0.3 is 0 Å². The van der Waals surface area contributed by atoms with Crippen molar-refractivity contribution in [3.05, 3.63) is 0 Å². The van der Waals surface area contributed by atoms with Crippen LogP contribution in [0.5, 0.6) is 0 Å². The van der Waals surface area contributed by atoms with Gasteiger partial charge in [0.15, 0.2) is 0 Å². The fourth-order valence-corrected chi connectivity index (χ4v) is 4.64. The van der Waals surface area contributed by atoms with Crippen molar-refractivity contribution in [2.75, 3.05) is 0 Å². The molecule has 0 aliphatic heterocycles. The average molecular weight is 224 g/mol. The molecule has 1 spiro atoms. The predicted octanol–water partition coefficient (Wildman–Crippen LogP) is 4.00. The molecule has 94 valence electrons. The Kier molecular flexibility index (Phi) is 3.11. The Labute approximate surface area is 101 Å². The fraction of sp³-hybridized carbons (Fsp3) is 1.00. The minimum atomic E-state index is -0.0981. The summed E-state index contributed by atoms with van der Waals surface area (Å²) in [5.74, 6) is 1.40. The maximum atomic E-state index is 10.9. The molecule has 0 heterocycles. The van der Waals surface area contributed by atoms with Crippen LogP contribution in [-0.2, 0) is 0 Å². The van der Waals surface area contributed by atoms with E-state index >= 15 is 0 Å². The Bertz CT molecular complexity index is 246. The molecule has 0 aromatic carbocycles. The van der Waals surface area contributed by atoms with Crippen LogP contribution < -0.4 is 0 Å². The van der Waals surface area contributed by atoms with Crippen LogP contribution in [0.15, 0.2) is 0 Å². The van der Waals surface area contributed by atoms with E-state index in [1.165, 1.54) is 38.5 Å². The van der Waals surface area contributed by atoms with Crippen molar-refractivity contribution in [1.82, 2.24) is 0 Å². The van der Waals surface area contributed by atoms with Crippen LogP contribution in [0.25, 0.3) is 0 Å². The molecule has 1 heteroatoms. The van der Waals surface area contributed by atoms with Gasteiger partial charge in [-0.25, -0.2) is 0 Å². The zero-order chi connectivity index (χ0) is 12.0. The highest BCUT2D eigenvalue weighted by Gasteiger charge is 2.54. The Hall–Kier alpha value is -0.0400. The van der Waals surface area contributed by atoms with E-state index in [-0.39, 0.29) is 16.9 Å². The second-order valence-electron chi connectivity index (χ2n) is 7.09. The smallest absolute Gasteiger partial charge is 0.0652 e. The van der Waals surface area contributed by atoms with Crippen LogP contribution in [0, 0.1) is 22.7 Å². The molecule has 2 fully saturated rings. The van der Waals surface area contributed by atoms with Crippen LogP contribution in [0.1, 0.15) is 66.2 Å². The second kappa shape index (κ2) is 4.01. The summed E-state index contributed by atoms with van der Waals surface area (Å²) < 4.78 is 0. The number of aliphatic hydroxyl groups is 1. The van der Waals surface area contributed by atoms with E-state index in [1.807, 2.05) is 0 Å². The molecule has 16 heavy (non-hydrogen) atoms. The number of rotatable bonds is 0. The first-order valence-electron chi connectivity index (χ1n) is 7.09. The minimum Gasteiger partial charge on any atom is -0.392 e. The lowest BCUT2D eigenvalue weighted by atomic mass is 9.49. The highest BCUT2D eigenvalue weighted by Crippen LogP contribution is 2.58. The Morgan fingerprint density at radius 3 is 2.06 bits per heavy atom. The van der Waals surface area contributed by atoms with Crippen LogP contribution in [0.4, 0.5) is 0 Å². The van der Waals surface area contributed by atoms with E-state index in [9.17, 15) is 5.11 Å². The SMILES string of the molecule is CC1CCCC(C)C12CCCC(C)(C)C2O. The third kappa shape index (κ3) is 1.63. The van der Waals surface area contributed by atoms with Gasteiger partial charge in [0.1, 0.15) is 0 Å². The van der Waals surface area contributed by atoms with Crippen LogP contribution in [0.3, 0.4) is 0 Å². The molecule has 0 saturated heterocycles. The van der Waals surface area contributed by atoms with Crippen molar-refractivity contribution >= 4 is 0 Å². The van der Waals surface area contributed by atoms with Gasteiger partial charge in [0.2, 0.25) is 0 Å². The van der Waals surface area contributed by atoms with Gasteiger partial charge in [-0.1, -0.05) is 53.4 Å². The number of aliphatic hydroxyl groups excluding tert-OH is 1. The van der Waals surface area contributed by atoms with Gasteiger partial charge in [-0.2, -0.15) is 0 Å². The Morgan fingerprint density at radius 2 is 1.50 bits per heavy atom. The third-order valence-corrected chi connectivity index (χ3v) is 5.79. The summed E-state index contributed by atoms with van der Waals surface area (Å²) in [6.45, 7) is 9.26. The summed E-state index contributed by atoms with van der Waals surface area (Å²) in [5.41, 5.74) is 0.345. The monoisotopic (exact) mass is 224 g/mol. The molecule has 0 aromatic rings. The van der Waals surface area contributed by atoms with Gasteiger partial charge in [-0.3, -0.25) is 0 Å². The maximum Gasteiger partial charge on any atom is 0.0652 e. The summed E-state index contributed by atoms with van der Waals surface area (Å²) in [6.07, 6.45) is 7.64. The zero-order valence-electron chi connectivity index (χ0n) is 11.4. The van der Waals surface area contributed by atoms with Gasteiger partial charge in [-0.05, 0) is 30.1 Å². The van der Waals surface area contributed by atoms with Crippen LogP contribution >= 0.6 is 0 Å². The zero-order valence-corrected chi connectivity index (χ0v) is 11.4. The highest BCUT2D eigenvalue weighted by atomic mass is 16.3. The van der Waals surface area contributed by atoms with Gasteiger partial charge in [0.25, 0.3) is 0 Å². The maximum absolute atomic E-state index is 10.9. The van der Waals surface area contributed by atoms with E-state index in [4.69, 9.17) is 0 Å². The van der Waals surface area contributed by atoms with Crippen LogP contribution in [0.2, 0.25) is 0 Å². The molecule has 3 unspecified atom stereocenters. The quantitative estimate of drug-likeness (QED) is 0.659. The molecule has 2 saturated carbocycles. The molecule has 0 amide bonds. The van der Waals surface area contributed by atoms with E-state index < -0.39 is 0 Å². The van der Waals surface area contributed by atoms with Crippen LogP contribution in [-0.4, -0.2) is 11.2 Å². The lowest BCUT2D eigenvalue weighted by molar-refractivity contribution is -0.158. The van der Waals surface area contributed by atoms with Gasteiger partial charge in [0.05, 0.1) is 6.10 Å². The van der Waals surface area contributed by atoms with Crippen molar-refractivity contribution in [1.29, 1.82) is 0 Å². The van der Waals surface area contributed by atoms with E-state index in [1.54, 1.807) is 0 Å². The van der Waals surface area contributed by atoms with Gasteiger partial charge in [0, 0.05) is 5.41 Å². The predicted molar refractivity (Wildman–Crippen MR) is 68.3 cm³/mol. The summed E-state index contributed by atoms with van der Waals surface area (Å²) in [6, 6.07) is 0. The Balaban J connectivity index is 2.33. The van der Waals surface area contributed by atoms with Crippen molar-refractivity contribution in [3.63, 3.8) is 0 Å². The molecule has 2 rings (SSSR count). The lowest BCUT2D eigenvalue weighted by Crippen LogP contribution is -2.56. The second-order valence-corrected chi connectivity index (χ2v) is 7.09. The molecule has 0 bridgehead atoms. The molecule has 0 aromatic heterocycles. The minimum absolute atomic E-state index is 0.0981. The molecular weight excluding hydrogens is 196 g/mol. The molecule has 0 radical (unpaired) electrons. The first-order chi connectivity index (χ1) is 7.41. The van der Waals surface area contributed by atoms with Gasteiger partial charge in [-0.15, -0.1) is 0 Å². The van der Waals surface area contributed by atoms with E-state index in [2.05, 4.69) is 27.7 Å². The molecular formula is C15H28O. The van der Waals surface area contributed by atoms with E-state index in [0.29, 0.717) is 11.8 Å². The first-order valence-corrected chi connectivity index (χ1v) is 7.09. The van der Waals surface area contributed by atoms with Crippen molar-refractivity contribution in [3.8, 4) is 0 Å². The molecule has 3 atom stereocenters. The standard InChI is InChI=1S/C15H28O/c1-11-7-5-8-12(2)15(11)10-6-9-14(3,4)13(15)16/h11-13,16H,5-10H2,1-4H3. The summed E-state index contributed by atoms with van der Waals surface area (Å²) in [5, 5.41) is 10.9. The Morgan fingerprint density at radius 1 is 0.938 bits per heavy atom. The van der Waals surface area contributed by atoms with Crippen molar-refractivity contribution < 1.29 is 5.11 Å². The summed E-state index contributed by atoms with van der Waals surface area (Å²) in [7, 11) is 0. The van der Waals surface area contributed by atoms with E-state index in [0.717, 1.165) is 0 Å². The van der Waals surface area contributed by atoms with Crippen molar-refractivity contribution in [2.24, 2.45) is 22.7 Å². The normalized spacial score (nSPS) is 48.2. The fourth-order valence-electron chi connectivity index (χ4n) is 4.64. The molecule has 2 aliphatic rings. The molecule has 1 N–H and O–H groups in total. The summed E-state index contributed by atoms with van der Waals surface area (Å²) >= 11 is 0. The first kappa shape index (κ1) is 12.4. The number of hydrogen-bond acceptors (Lipinski definition) is 1. The topological polar surface area (TPSA) is 20.2 Å².